The number of aliphatic hydroxyl groups is 1. The van der Waals surface area contributed by atoms with E-state index in [0.29, 0.717) is 4.91 Å². The van der Waals surface area contributed by atoms with E-state index >= 15 is 0 Å². The van der Waals surface area contributed by atoms with Crippen molar-refractivity contribution in [1.82, 2.24) is 0 Å². The molecular weight excluding hydrogens is 168 g/mol. The molecule has 0 saturated carbocycles. The van der Waals surface area contributed by atoms with Crippen LogP contribution in [0.5, 0.6) is 0 Å². The topological polar surface area (TPSA) is 20.2 Å². The van der Waals surface area contributed by atoms with Gasteiger partial charge in [-0.3, -0.25) is 0 Å². The minimum Gasteiger partial charge on any atom is -0.392 e. The maximum absolute atomic E-state index is 8.98. The molecular formula is C10H12OS. The van der Waals surface area contributed by atoms with Crippen molar-refractivity contribution >= 4 is 17.5 Å². The van der Waals surface area contributed by atoms with E-state index in [1.807, 2.05) is 25.1 Å². The van der Waals surface area contributed by atoms with Crippen LogP contribution in [0.1, 0.15) is 16.7 Å². The quantitative estimate of drug-likeness (QED) is 0.670. The lowest BCUT2D eigenvalue weighted by Crippen LogP contribution is -1.90. The fourth-order valence-corrected chi connectivity index (χ4v) is 1.30. The molecule has 0 bridgehead atoms. The van der Waals surface area contributed by atoms with Crippen LogP contribution in [0.2, 0.25) is 0 Å². The molecule has 0 fully saturated rings. The molecule has 0 aliphatic rings. The maximum atomic E-state index is 8.98. The molecule has 0 aliphatic heterocycles. The molecule has 1 aromatic carbocycles. The van der Waals surface area contributed by atoms with Gasteiger partial charge >= 0.3 is 0 Å². The van der Waals surface area contributed by atoms with Crippen molar-refractivity contribution in [3.8, 4) is 0 Å². The highest BCUT2D eigenvalue weighted by Crippen LogP contribution is 2.21. The number of aryl methyl sites for hydroxylation is 1. The molecule has 0 unspecified atom stereocenters. The van der Waals surface area contributed by atoms with Crippen LogP contribution < -0.4 is 0 Å². The Hall–Kier alpha value is -0.730. The van der Waals surface area contributed by atoms with Gasteiger partial charge in [0, 0.05) is 4.91 Å². The fourth-order valence-electron chi connectivity index (χ4n) is 1.10. The smallest absolute Gasteiger partial charge is 0.0688 e. The SMILES string of the molecule is C=C(S)c1cc(C)ccc1CO. The number of thiol groups is 1. The number of benzene rings is 1. The first-order chi connectivity index (χ1) is 5.65. The molecule has 2 heteroatoms. The van der Waals surface area contributed by atoms with Crippen molar-refractivity contribution in [1.29, 1.82) is 0 Å². The summed E-state index contributed by atoms with van der Waals surface area (Å²) in [7, 11) is 0. The first-order valence-electron chi connectivity index (χ1n) is 3.73. The van der Waals surface area contributed by atoms with E-state index in [-0.39, 0.29) is 6.61 Å². The summed E-state index contributed by atoms with van der Waals surface area (Å²) in [5.41, 5.74) is 2.96. The van der Waals surface area contributed by atoms with Crippen LogP contribution in [0.25, 0.3) is 4.91 Å². The summed E-state index contributed by atoms with van der Waals surface area (Å²) in [4.78, 5) is 0.697. The molecule has 0 heterocycles. The molecule has 1 nitrogen and oxygen atoms in total. The first-order valence-corrected chi connectivity index (χ1v) is 4.18. The van der Waals surface area contributed by atoms with Crippen molar-refractivity contribution in [2.75, 3.05) is 0 Å². The lowest BCUT2D eigenvalue weighted by molar-refractivity contribution is 0.281. The second-order valence-electron chi connectivity index (χ2n) is 2.77. The summed E-state index contributed by atoms with van der Waals surface area (Å²) in [6.45, 7) is 5.77. The zero-order valence-corrected chi connectivity index (χ0v) is 7.94. The normalized spacial score (nSPS) is 9.92. The third kappa shape index (κ3) is 1.90. The zero-order valence-electron chi connectivity index (χ0n) is 7.04. The molecule has 1 rings (SSSR count). The minimum absolute atomic E-state index is 0.0369. The molecule has 0 aliphatic carbocycles. The van der Waals surface area contributed by atoms with E-state index in [4.69, 9.17) is 5.11 Å². The van der Waals surface area contributed by atoms with E-state index in [1.54, 1.807) is 0 Å². The van der Waals surface area contributed by atoms with Crippen LogP contribution in [0.4, 0.5) is 0 Å². The first kappa shape index (κ1) is 9.36. The third-order valence-corrected chi connectivity index (χ3v) is 1.99. The Labute approximate surface area is 78.2 Å². The molecule has 12 heavy (non-hydrogen) atoms. The number of hydrogen-bond donors (Lipinski definition) is 2. The Kier molecular flexibility index (Phi) is 2.95. The van der Waals surface area contributed by atoms with Gasteiger partial charge in [0.15, 0.2) is 0 Å². The van der Waals surface area contributed by atoms with Crippen LogP contribution in [-0.2, 0) is 6.61 Å². The Morgan fingerprint density at radius 1 is 1.58 bits per heavy atom. The Morgan fingerprint density at radius 2 is 2.25 bits per heavy atom. The maximum Gasteiger partial charge on any atom is 0.0688 e. The van der Waals surface area contributed by atoms with Crippen LogP contribution in [-0.4, -0.2) is 5.11 Å². The van der Waals surface area contributed by atoms with Crippen LogP contribution in [0, 0.1) is 6.92 Å². The van der Waals surface area contributed by atoms with E-state index in [0.717, 1.165) is 16.7 Å². The van der Waals surface area contributed by atoms with Crippen LogP contribution in [0.15, 0.2) is 24.8 Å². The number of hydrogen-bond acceptors (Lipinski definition) is 2. The highest BCUT2D eigenvalue weighted by atomic mass is 32.1. The van der Waals surface area contributed by atoms with Gasteiger partial charge in [0.25, 0.3) is 0 Å². The largest absolute Gasteiger partial charge is 0.392 e. The zero-order chi connectivity index (χ0) is 9.14. The van der Waals surface area contributed by atoms with Gasteiger partial charge in [-0.25, -0.2) is 0 Å². The molecule has 0 atom stereocenters. The Bertz CT molecular complexity index is 305. The fraction of sp³-hybridized carbons (Fsp3) is 0.200. The highest BCUT2D eigenvalue weighted by Gasteiger charge is 2.01. The van der Waals surface area contributed by atoms with Crippen LogP contribution >= 0.6 is 12.6 Å². The van der Waals surface area contributed by atoms with Gasteiger partial charge in [-0.1, -0.05) is 30.3 Å². The molecule has 64 valence electrons. The number of rotatable bonds is 2. The van der Waals surface area contributed by atoms with Crippen molar-refractivity contribution in [2.24, 2.45) is 0 Å². The summed E-state index contributed by atoms with van der Waals surface area (Å²) < 4.78 is 0. The molecule has 0 aromatic heterocycles. The average molecular weight is 180 g/mol. The summed E-state index contributed by atoms with van der Waals surface area (Å²) >= 11 is 4.15. The van der Waals surface area contributed by atoms with E-state index < -0.39 is 0 Å². The standard InChI is InChI=1S/C10H12OS/c1-7-3-4-9(6-11)10(5-7)8(2)12/h3-5,11-12H,2,6H2,1H3. The summed E-state index contributed by atoms with van der Waals surface area (Å²) in [6.07, 6.45) is 0. The van der Waals surface area contributed by atoms with Crippen LogP contribution in [0.3, 0.4) is 0 Å². The summed E-state index contributed by atoms with van der Waals surface area (Å²) in [6, 6.07) is 5.83. The second kappa shape index (κ2) is 3.78. The predicted molar refractivity (Wildman–Crippen MR) is 55.1 cm³/mol. The van der Waals surface area contributed by atoms with Gasteiger partial charge < -0.3 is 5.11 Å². The van der Waals surface area contributed by atoms with Crippen molar-refractivity contribution in [3.63, 3.8) is 0 Å². The van der Waals surface area contributed by atoms with Gasteiger partial charge in [0.1, 0.15) is 0 Å². The predicted octanol–water partition coefficient (Wildman–Crippen LogP) is 2.39. The molecule has 0 saturated heterocycles. The van der Waals surface area contributed by atoms with Gasteiger partial charge in [0.05, 0.1) is 6.61 Å². The molecule has 0 amide bonds. The Balaban J connectivity index is 3.21. The van der Waals surface area contributed by atoms with E-state index in [1.165, 1.54) is 0 Å². The third-order valence-electron chi connectivity index (χ3n) is 1.75. The molecule has 1 aromatic rings. The van der Waals surface area contributed by atoms with E-state index in [9.17, 15) is 0 Å². The molecule has 1 N–H and O–H groups in total. The van der Waals surface area contributed by atoms with Gasteiger partial charge in [-0.05, 0) is 18.1 Å². The lowest BCUT2D eigenvalue weighted by atomic mass is 10.1. The summed E-state index contributed by atoms with van der Waals surface area (Å²) in [5.74, 6) is 0. The monoisotopic (exact) mass is 180 g/mol. The average Bonchev–Trinajstić information content (AvgIpc) is 2.04. The van der Waals surface area contributed by atoms with Crippen molar-refractivity contribution in [3.05, 3.63) is 41.5 Å². The van der Waals surface area contributed by atoms with Gasteiger partial charge in [-0.2, -0.15) is 0 Å². The molecule has 0 radical (unpaired) electrons. The van der Waals surface area contributed by atoms with Gasteiger partial charge in [0.2, 0.25) is 0 Å². The number of aliphatic hydroxyl groups excluding tert-OH is 1. The summed E-state index contributed by atoms with van der Waals surface area (Å²) in [5, 5.41) is 8.98. The highest BCUT2D eigenvalue weighted by molar-refractivity contribution is 7.90. The second-order valence-corrected chi connectivity index (χ2v) is 3.31. The van der Waals surface area contributed by atoms with Crippen molar-refractivity contribution in [2.45, 2.75) is 13.5 Å². The van der Waals surface area contributed by atoms with E-state index in [2.05, 4.69) is 19.2 Å². The lowest BCUT2D eigenvalue weighted by Gasteiger charge is -2.06. The van der Waals surface area contributed by atoms with Crippen molar-refractivity contribution < 1.29 is 5.11 Å². The molecule has 0 spiro atoms. The Morgan fingerprint density at radius 3 is 2.75 bits per heavy atom. The van der Waals surface area contributed by atoms with Gasteiger partial charge in [-0.15, -0.1) is 12.6 Å². The minimum atomic E-state index is 0.0369.